The third-order valence-electron chi connectivity index (χ3n) is 3.95. The van der Waals surface area contributed by atoms with E-state index >= 15 is 0 Å². The molecule has 0 bridgehead atoms. The average molecular weight is 306 g/mol. The molecule has 0 N–H and O–H groups in total. The Labute approximate surface area is 127 Å². The predicted octanol–water partition coefficient (Wildman–Crippen LogP) is 3.18. The summed E-state index contributed by atoms with van der Waals surface area (Å²) in [5.41, 5.74) is 1.12. The van der Waals surface area contributed by atoms with Crippen molar-refractivity contribution in [3.63, 3.8) is 0 Å². The summed E-state index contributed by atoms with van der Waals surface area (Å²) >= 11 is 5.93. The SMILES string of the molecule is Clc1ccc([C@H]2CN(c3noc(C4CC4)n3)CCO2)cc1. The van der Waals surface area contributed by atoms with Gasteiger partial charge < -0.3 is 14.2 Å². The van der Waals surface area contributed by atoms with Crippen molar-refractivity contribution in [2.45, 2.75) is 24.9 Å². The lowest BCUT2D eigenvalue weighted by Crippen LogP contribution is -2.39. The smallest absolute Gasteiger partial charge is 0.266 e. The Balaban J connectivity index is 1.50. The first-order valence-electron chi connectivity index (χ1n) is 7.25. The molecule has 0 unspecified atom stereocenters. The largest absolute Gasteiger partial charge is 0.370 e. The van der Waals surface area contributed by atoms with Crippen molar-refractivity contribution >= 4 is 17.5 Å². The quantitative estimate of drug-likeness (QED) is 0.871. The lowest BCUT2D eigenvalue weighted by atomic mass is 10.1. The minimum Gasteiger partial charge on any atom is -0.370 e. The van der Waals surface area contributed by atoms with Crippen LogP contribution in [-0.4, -0.2) is 29.8 Å². The van der Waals surface area contributed by atoms with Gasteiger partial charge in [-0.1, -0.05) is 23.7 Å². The summed E-state index contributed by atoms with van der Waals surface area (Å²) in [5.74, 6) is 1.94. The highest BCUT2D eigenvalue weighted by Gasteiger charge is 2.31. The summed E-state index contributed by atoms with van der Waals surface area (Å²) in [5, 5.41) is 4.84. The number of hydrogen-bond donors (Lipinski definition) is 0. The molecule has 4 rings (SSSR count). The van der Waals surface area contributed by atoms with Gasteiger partial charge in [-0.3, -0.25) is 0 Å². The van der Waals surface area contributed by atoms with Crippen molar-refractivity contribution in [2.75, 3.05) is 24.6 Å². The fourth-order valence-electron chi connectivity index (χ4n) is 2.56. The van der Waals surface area contributed by atoms with Crippen LogP contribution in [0.1, 0.15) is 36.3 Å². The second kappa shape index (κ2) is 5.31. The summed E-state index contributed by atoms with van der Waals surface area (Å²) in [6, 6.07) is 7.78. The molecule has 1 saturated heterocycles. The number of hydrogen-bond acceptors (Lipinski definition) is 5. The molecule has 1 aromatic heterocycles. The van der Waals surface area contributed by atoms with Gasteiger partial charge in [-0.25, -0.2) is 0 Å². The number of aromatic nitrogens is 2. The molecule has 1 aromatic carbocycles. The maximum atomic E-state index is 5.93. The summed E-state index contributed by atoms with van der Waals surface area (Å²) in [6.45, 7) is 2.17. The van der Waals surface area contributed by atoms with E-state index in [9.17, 15) is 0 Å². The maximum Gasteiger partial charge on any atom is 0.266 e. The van der Waals surface area contributed by atoms with E-state index in [-0.39, 0.29) is 6.10 Å². The number of anilines is 1. The van der Waals surface area contributed by atoms with Crippen molar-refractivity contribution in [1.82, 2.24) is 10.1 Å². The number of benzene rings is 1. The summed E-state index contributed by atoms with van der Waals surface area (Å²) in [6.07, 6.45) is 2.34. The molecule has 2 heterocycles. The zero-order chi connectivity index (χ0) is 14.2. The number of ether oxygens (including phenoxy) is 1. The van der Waals surface area contributed by atoms with E-state index in [1.165, 1.54) is 0 Å². The van der Waals surface area contributed by atoms with Gasteiger partial charge in [0.05, 0.1) is 13.2 Å². The van der Waals surface area contributed by atoms with Gasteiger partial charge in [0.25, 0.3) is 5.95 Å². The van der Waals surface area contributed by atoms with Crippen LogP contribution in [0.4, 0.5) is 5.95 Å². The van der Waals surface area contributed by atoms with Crippen LogP contribution in [0, 0.1) is 0 Å². The van der Waals surface area contributed by atoms with Gasteiger partial charge in [0.15, 0.2) is 0 Å². The molecule has 5 nitrogen and oxygen atoms in total. The lowest BCUT2D eigenvalue weighted by molar-refractivity contribution is 0.0391. The first kappa shape index (κ1) is 13.1. The van der Waals surface area contributed by atoms with E-state index in [1.54, 1.807) is 0 Å². The first-order chi connectivity index (χ1) is 10.3. The monoisotopic (exact) mass is 305 g/mol. The molecule has 2 aromatic rings. The Bertz CT molecular complexity index is 624. The molecular weight excluding hydrogens is 290 g/mol. The zero-order valence-electron chi connectivity index (χ0n) is 11.5. The highest BCUT2D eigenvalue weighted by atomic mass is 35.5. The fourth-order valence-corrected chi connectivity index (χ4v) is 2.69. The number of halogens is 1. The molecule has 1 aliphatic heterocycles. The van der Waals surface area contributed by atoms with Gasteiger partial charge in [0.1, 0.15) is 6.10 Å². The molecule has 2 fully saturated rings. The minimum absolute atomic E-state index is 0.0129. The van der Waals surface area contributed by atoms with Crippen LogP contribution in [-0.2, 0) is 4.74 Å². The van der Waals surface area contributed by atoms with Crippen LogP contribution in [0.15, 0.2) is 28.8 Å². The van der Waals surface area contributed by atoms with Crippen LogP contribution in [0.3, 0.4) is 0 Å². The summed E-state index contributed by atoms with van der Waals surface area (Å²) in [4.78, 5) is 6.63. The normalized spacial score (nSPS) is 22.5. The van der Waals surface area contributed by atoms with Gasteiger partial charge >= 0.3 is 0 Å². The molecule has 0 spiro atoms. The molecular formula is C15H16ClN3O2. The Morgan fingerprint density at radius 2 is 2.00 bits per heavy atom. The van der Waals surface area contributed by atoms with Crippen molar-refractivity contribution in [1.29, 1.82) is 0 Å². The molecule has 1 saturated carbocycles. The molecule has 110 valence electrons. The van der Waals surface area contributed by atoms with Crippen molar-refractivity contribution < 1.29 is 9.26 Å². The van der Waals surface area contributed by atoms with E-state index < -0.39 is 0 Å². The van der Waals surface area contributed by atoms with Crippen LogP contribution < -0.4 is 4.90 Å². The third kappa shape index (κ3) is 2.76. The van der Waals surface area contributed by atoms with E-state index in [4.69, 9.17) is 20.9 Å². The Kier molecular flexibility index (Phi) is 3.31. The average Bonchev–Trinajstić information content (AvgIpc) is 3.25. The molecule has 0 amide bonds. The molecule has 0 radical (unpaired) electrons. The van der Waals surface area contributed by atoms with Crippen LogP contribution in [0.25, 0.3) is 0 Å². The van der Waals surface area contributed by atoms with Crippen molar-refractivity contribution in [2.24, 2.45) is 0 Å². The van der Waals surface area contributed by atoms with E-state index in [0.717, 1.165) is 42.4 Å². The molecule has 1 aliphatic carbocycles. The number of nitrogens with zero attached hydrogens (tertiary/aromatic N) is 3. The van der Waals surface area contributed by atoms with Crippen LogP contribution >= 0.6 is 11.6 Å². The van der Waals surface area contributed by atoms with Gasteiger partial charge in [-0.15, -0.1) is 0 Å². The van der Waals surface area contributed by atoms with Crippen LogP contribution in [0.5, 0.6) is 0 Å². The van der Waals surface area contributed by atoms with Gasteiger partial charge in [0.2, 0.25) is 5.89 Å². The van der Waals surface area contributed by atoms with E-state index in [1.807, 2.05) is 24.3 Å². The minimum atomic E-state index is 0.0129. The molecule has 1 atom stereocenters. The predicted molar refractivity (Wildman–Crippen MR) is 78.6 cm³/mol. The summed E-state index contributed by atoms with van der Waals surface area (Å²) in [7, 11) is 0. The Hall–Kier alpha value is -1.59. The molecule has 2 aliphatic rings. The Morgan fingerprint density at radius 3 is 2.76 bits per heavy atom. The fraction of sp³-hybridized carbons (Fsp3) is 0.467. The maximum absolute atomic E-state index is 5.93. The van der Waals surface area contributed by atoms with Crippen molar-refractivity contribution in [3.8, 4) is 0 Å². The lowest BCUT2D eigenvalue weighted by Gasteiger charge is -2.32. The third-order valence-corrected chi connectivity index (χ3v) is 4.20. The van der Waals surface area contributed by atoms with E-state index in [2.05, 4.69) is 15.0 Å². The van der Waals surface area contributed by atoms with Gasteiger partial charge in [-0.2, -0.15) is 4.98 Å². The second-order valence-electron chi connectivity index (χ2n) is 5.56. The number of rotatable bonds is 3. The second-order valence-corrected chi connectivity index (χ2v) is 6.00. The highest BCUT2D eigenvalue weighted by Crippen LogP contribution is 2.39. The van der Waals surface area contributed by atoms with Gasteiger partial charge in [-0.05, 0) is 35.7 Å². The summed E-state index contributed by atoms with van der Waals surface area (Å²) < 4.78 is 11.2. The van der Waals surface area contributed by atoms with Crippen molar-refractivity contribution in [3.05, 3.63) is 40.7 Å². The molecule has 21 heavy (non-hydrogen) atoms. The standard InChI is InChI=1S/C15H16ClN3O2/c16-12-5-3-10(4-6-12)13-9-19(7-8-20-13)15-17-14(21-18-15)11-1-2-11/h3-6,11,13H,1-2,7-9H2/t13-/m1/s1. The Morgan fingerprint density at radius 1 is 1.19 bits per heavy atom. The zero-order valence-corrected chi connectivity index (χ0v) is 12.3. The topological polar surface area (TPSA) is 51.4 Å². The molecule has 6 heteroatoms. The van der Waals surface area contributed by atoms with E-state index in [0.29, 0.717) is 18.5 Å². The highest BCUT2D eigenvalue weighted by molar-refractivity contribution is 6.30. The number of morpholine rings is 1. The van der Waals surface area contributed by atoms with Crippen LogP contribution in [0.2, 0.25) is 5.02 Å². The van der Waals surface area contributed by atoms with Gasteiger partial charge in [0, 0.05) is 17.5 Å². The first-order valence-corrected chi connectivity index (χ1v) is 7.63.